The highest BCUT2D eigenvalue weighted by Crippen LogP contribution is 2.33. The lowest BCUT2D eigenvalue weighted by atomic mass is 9.99. The Morgan fingerprint density at radius 1 is 1.38 bits per heavy atom. The van der Waals surface area contributed by atoms with Gasteiger partial charge in [0.1, 0.15) is 5.54 Å². The van der Waals surface area contributed by atoms with Crippen molar-refractivity contribution in [2.24, 2.45) is 0 Å². The molecule has 136 valence electrons. The molecule has 0 aliphatic carbocycles. The molecule has 0 radical (unpaired) electrons. The zero-order valence-electron chi connectivity index (χ0n) is 14.4. The minimum absolute atomic E-state index is 0.237. The lowest BCUT2D eigenvalue weighted by molar-refractivity contribution is -0.130. The zero-order valence-corrected chi connectivity index (χ0v) is 16.1. The number of carbonyl (C=O) groups is 3. The first-order chi connectivity index (χ1) is 12.4. The Labute approximate surface area is 158 Å². The number of nitrogens with one attached hydrogen (secondary N) is 1. The van der Waals surface area contributed by atoms with Gasteiger partial charge in [-0.3, -0.25) is 19.1 Å². The molecule has 9 heteroatoms. The Morgan fingerprint density at radius 3 is 2.85 bits per heavy atom. The van der Waals surface area contributed by atoms with Gasteiger partial charge in [-0.25, -0.2) is 9.78 Å². The van der Waals surface area contributed by atoms with E-state index >= 15 is 0 Å². The number of ketones is 1. The topological polar surface area (TPSA) is 84.3 Å². The van der Waals surface area contributed by atoms with Crippen LogP contribution >= 0.6 is 23.1 Å². The summed E-state index contributed by atoms with van der Waals surface area (Å²) in [6.07, 6.45) is 2.33. The number of aryl methyl sites for hydroxylation is 1. The first kappa shape index (κ1) is 17.3. The molecule has 1 spiro atoms. The van der Waals surface area contributed by atoms with Gasteiger partial charge in [-0.05, 0) is 32.1 Å². The van der Waals surface area contributed by atoms with Gasteiger partial charge in [0.25, 0.3) is 5.91 Å². The molecule has 7 nitrogen and oxygen atoms in total. The summed E-state index contributed by atoms with van der Waals surface area (Å²) >= 11 is 3.13. The van der Waals surface area contributed by atoms with Crippen molar-refractivity contribution in [3.63, 3.8) is 0 Å². The van der Waals surface area contributed by atoms with Gasteiger partial charge in [-0.15, -0.1) is 11.3 Å². The first-order valence-electron chi connectivity index (χ1n) is 8.27. The van der Waals surface area contributed by atoms with Crippen LogP contribution in [-0.4, -0.2) is 55.8 Å². The number of urea groups is 1. The predicted molar refractivity (Wildman–Crippen MR) is 100 cm³/mol. The highest BCUT2D eigenvalue weighted by molar-refractivity contribution is 7.99. The second kappa shape index (κ2) is 6.24. The van der Waals surface area contributed by atoms with Gasteiger partial charge in [0.05, 0.1) is 6.54 Å². The van der Waals surface area contributed by atoms with Gasteiger partial charge in [0.2, 0.25) is 0 Å². The van der Waals surface area contributed by atoms with Crippen LogP contribution in [0.15, 0.2) is 17.6 Å². The van der Waals surface area contributed by atoms with Crippen LogP contribution in [0.1, 0.15) is 28.2 Å². The third-order valence-corrected chi connectivity index (χ3v) is 6.86. The highest BCUT2D eigenvalue weighted by Gasteiger charge is 2.53. The third-order valence-electron chi connectivity index (χ3n) is 4.91. The van der Waals surface area contributed by atoms with Gasteiger partial charge < -0.3 is 5.32 Å². The van der Waals surface area contributed by atoms with E-state index in [1.165, 1.54) is 11.3 Å². The molecular formula is C17H18N4O3S2. The number of carbonyl (C=O) groups excluding carboxylic acids is 3. The van der Waals surface area contributed by atoms with Gasteiger partial charge in [0.15, 0.2) is 10.9 Å². The lowest BCUT2D eigenvalue weighted by Crippen LogP contribution is -2.47. The van der Waals surface area contributed by atoms with Crippen molar-refractivity contribution in [1.29, 1.82) is 0 Å². The molecule has 0 aromatic carbocycles. The average Bonchev–Trinajstić information content (AvgIpc) is 3.36. The molecule has 2 aliphatic heterocycles. The summed E-state index contributed by atoms with van der Waals surface area (Å²) in [7, 11) is 0. The number of hydrogen-bond donors (Lipinski definition) is 1. The minimum atomic E-state index is -0.820. The largest absolute Gasteiger partial charge is 0.325 e. The number of aromatic nitrogens is 2. The fraction of sp³-hybridized carbons (Fsp3) is 0.412. The van der Waals surface area contributed by atoms with Crippen molar-refractivity contribution in [2.75, 3.05) is 18.1 Å². The smallest absolute Gasteiger partial charge is 0.322 e. The molecule has 1 atom stereocenters. The molecule has 2 aliphatic rings. The molecule has 2 fully saturated rings. The number of rotatable bonds is 4. The molecule has 0 bridgehead atoms. The van der Waals surface area contributed by atoms with Gasteiger partial charge in [-0.1, -0.05) is 0 Å². The standard InChI is InChI=1S/C17H18N4O3S2/c1-10-7-12(11(2)21(10)16-18-4-6-26-16)13(22)8-20-14(23)17(19-15(20)24)3-5-25-9-17/h4,6-7H,3,5,8-9H2,1-2H3,(H,19,24). The SMILES string of the molecule is Cc1cc(C(=O)CN2C(=O)NC3(CCSC3)C2=O)c(C)n1-c1nccs1. The van der Waals surface area contributed by atoms with Crippen LogP contribution in [0.5, 0.6) is 0 Å². The van der Waals surface area contributed by atoms with Crippen LogP contribution in [-0.2, 0) is 4.79 Å². The fourth-order valence-corrected chi connectivity index (χ4v) is 5.62. The molecular weight excluding hydrogens is 372 g/mol. The van der Waals surface area contributed by atoms with Gasteiger partial charge in [-0.2, -0.15) is 11.8 Å². The average molecular weight is 390 g/mol. The van der Waals surface area contributed by atoms with E-state index in [9.17, 15) is 14.4 Å². The Hall–Kier alpha value is -2.13. The second-order valence-corrected chi connectivity index (χ2v) is 8.54. The summed E-state index contributed by atoms with van der Waals surface area (Å²) < 4.78 is 1.92. The summed E-state index contributed by atoms with van der Waals surface area (Å²) in [5.74, 6) is 0.880. The zero-order chi connectivity index (χ0) is 18.5. The summed E-state index contributed by atoms with van der Waals surface area (Å²) in [6, 6.07) is 1.32. The van der Waals surface area contributed by atoms with Crippen molar-refractivity contribution < 1.29 is 14.4 Å². The lowest BCUT2D eigenvalue weighted by Gasteiger charge is -2.18. The molecule has 1 unspecified atom stereocenters. The number of thioether (sulfide) groups is 1. The summed E-state index contributed by atoms with van der Waals surface area (Å²) in [5.41, 5.74) is 1.35. The molecule has 2 saturated heterocycles. The van der Waals surface area contributed by atoms with Crippen LogP contribution in [0.25, 0.3) is 5.13 Å². The van der Waals surface area contributed by atoms with Crippen LogP contribution in [0.3, 0.4) is 0 Å². The second-order valence-electron chi connectivity index (χ2n) is 6.56. The van der Waals surface area contributed by atoms with Crippen LogP contribution in [0.4, 0.5) is 4.79 Å². The van der Waals surface area contributed by atoms with Crippen molar-refractivity contribution in [3.05, 3.63) is 34.6 Å². The molecule has 1 N–H and O–H groups in total. The normalized spacial score (nSPS) is 22.5. The van der Waals surface area contributed by atoms with Crippen LogP contribution in [0, 0.1) is 13.8 Å². The minimum Gasteiger partial charge on any atom is -0.322 e. The maximum atomic E-state index is 12.8. The van der Waals surface area contributed by atoms with E-state index in [0.717, 1.165) is 27.2 Å². The Morgan fingerprint density at radius 2 is 2.19 bits per heavy atom. The van der Waals surface area contributed by atoms with E-state index in [-0.39, 0.29) is 18.2 Å². The molecule has 0 saturated carbocycles. The van der Waals surface area contributed by atoms with Gasteiger partial charge in [0, 0.05) is 34.3 Å². The van der Waals surface area contributed by atoms with E-state index in [0.29, 0.717) is 17.7 Å². The number of thiazole rings is 1. The van der Waals surface area contributed by atoms with Crippen molar-refractivity contribution in [1.82, 2.24) is 19.8 Å². The molecule has 4 rings (SSSR count). The maximum absolute atomic E-state index is 12.8. The molecule has 2 aromatic rings. The predicted octanol–water partition coefficient (Wildman–Crippen LogP) is 2.16. The van der Waals surface area contributed by atoms with E-state index in [2.05, 4.69) is 10.3 Å². The molecule has 4 heterocycles. The van der Waals surface area contributed by atoms with Crippen molar-refractivity contribution in [3.8, 4) is 5.13 Å². The number of nitrogens with zero attached hydrogens (tertiary/aromatic N) is 3. The number of Topliss-reactive ketones (excluding diaryl/α,β-unsaturated/α-hetero) is 1. The third kappa shape index (κ3) is 2.57. The summed E-state index contributed by atoms with van der Waals surface area (Å²) in [6.45, 7) is 3.52. The number of imide groups is 1. The van der Waals surface area contributed by atoms with Crippen LogP contribution < -0.4 is 5.32 Å². The van der Waals surface area contributed by atoms with Crippen LogP contribution in [0.2, 0.25) is 0 Å². The van der Waals surface area contributed by atoms with Crippen molar-refractivity contribution >= 4 is 40.8 Å². The number of hydrogen-bond acceptors (Lipinski definition) is 6. The maximum Gasteiger partial charge on any atom is 0.325 e. The summed E-state index contributed by atoms with van der Waals surface area (Å²) in [5, 5.41) is 5.46. The Bertz CT molecular complexity index is 898. The quantitative estimate of drug-likeness (QED) is 0.639. The monoisotopic (exact) mass is 390 g/mol. The highest BCUT2D eigenvalue weighted by atomic mass is 32.2. The van der Waals surface area contributed by atoms with E-state index < -0.39 is 11.6 Å². The van der Waals surface area contributed by atoms with E-state index in [1.54, 1.807) is 24.0 Å². The number of amides is 3. The van der Waals surface area contributed by atoms with Gasteiger partial charge >= 0.3 is 6.03 Å². The van der Waals surface area contributed by atoms with E-state index in [1.807, 2.05) is 23.8 Å². The van der Waals surface area contributed by atoms with Crippen molar-refractivity contribution in [2.45, 2.75) is 25.8 Å². The first-order valence-corrected chi connectivity index (χ1v) is 10.3. The summed E-state index contributed by atoms with van der Waals surface area (Å²) in [4.78, 5) is 43.2. The molecule has 2 aromatic heterocycles. The Kier molecular flexibility index (Phi) is 4.15. The fourth-order valence-electron chi connectivity index (χ4n) is 3.55. The molecule has 3 amide bonds. The Balaban J connectivity index is 1.59. The van der Waals surface area contributed by atoms with E-state index in [4.69, 9.17) is 0 Å². The molecule has 26 heavy (non-hydrogen) atoms.